The van der Waals surface area contributed by atoms with Crippen molar-refractivity contribution in [2.75, 3.05) is 18.9 Å². The lowest BCUT2D eigenvalue weighted by Gasteiger charge is -2.09. The van der Waals surface area contributed by atoms with Crippen molar-refractivity contribution >= 4 is 22.2 Å². The van der Waals surface area contributed by atoms with Gasteiger partial charge < -0.3 is 13.7 Å². The Bertz CT molecular complexity index is 580. The number of aromatic nitrogens is 2. The molecule has 1 rings (SSSR count). The van der Waals surface area contributed by atoms with Gasteiger partial charge in [0.05, 0.1) is 20.3 Å². The van der Waals surface area contributed by atoms with Crippen LogP contribution in [-0.4, -0.2) is 38.6 Å². The normalized spacial score (nSPS) is 11.1. The number of rotatable bonds is 7. The number of nitrogens with one attached hydrogen (secondary N) is 1. The molecule has 118 valence electrons. The van der Waals surface area contributed by atoms with Gasteiger partial charge in [-0.25, -0.2) is 4.72 Å². The summed E-state index contributed by atoms with van der Waals surface area (Å²) in [6.45, 7) is 3.52. The molecule has 10 heteroatoms. The monoisotopic (exact) mass is 319 g/mol. The molecule has 21 heavy (non-hydrogen) atoms. The Morgan fingerprint density at radius 1 is 1.24 bits per heavy atom. The van der Waals surface area contributed by atoms with E-state index in [1.165, 1.54) is 20.3 Å². The minimum absolute atomic E-state index is 0.0246. The number of carbonyl (C=O) groups excluding carboxylic acids is 1. The second kappa shape index (κ2) is 7.07. The quantitative estimate of drug-likeness (QED) is 0.782. The highest BCUT2D eigenvalue weighted by atomic mass is 32.2. The van der Waals surface area contributed by atoms with Crippen LogP contribution < -0.4 is 14.2 Å². The van der Waals surface area contributed by atoms with Crippen LogP contribution in [-0.2, 0) is 19.3 Å². The highest BCUT2D eigenvalue weighted by molar-refractivity contribution is 7.88. The highest BCUT2D eigenvalue weighted by Crippen LogP contribution is 2.18. The predicted octanol–water partition coefficient (Wildman–Crippen LogP) is 0.740. The molecule has 0 atom stereocenters. The molecule has 9 nitrogen and oxygen atoms in total. The molecule has 0 spiro atoms. The molecule has 1 heterocycles. The third kappa shape index (κ3) is 5.81. The summed E-state index contributed by atoms with van der Waals surface area (Å²) in [5.41, 5.74) is 0. The van der Waals surface area contributed by atoms with Crippen molar-refractivity contribution in [3.05, 3.63) is 6.07 Å². The molecule has 0 aromatic carbocycles. The molecule has 0 radical (unpaired) electrons. The van der Waals surface area contributed by atoms with E-state index in [9.17, 15) is 13.2 Å². The molecule has 1 aromatic heterocycles. The lowest BCUT2D eigenvalue weighted by atomic mass is 10.1. The van der Waals surface area contributed by atoms with Gasteiger partial charge in [0, 0.05) is 6.42 Å². The van der Waals surface area contributed by atoms with Gasteiger partial charge in [-0.05, 0) is 5.92 Å². The maximum Gasteiger partial charge on any atom is 0.412 e. The molecular weight excluding hydrogens is 302 g/mol. The number of hydrogen-bond donors (Lipinski definition) is 1. The van der Waals surface area contributed by atoms with E-state index in [-0.39, 0.29) is 30.0 Å². The van der Waals surface area contributed by atoms with Gasteiger partial charge in [0.15, 0.2) is 0 Å². The fraction of sp³-hybridized carbons (Fsp3) is 0.545. The van der Waals surface area contributed by atoms with Gasteiger partial charge in [-0.3, -0.25) is 4.79 Å². The minimum Gasteiger partial charge on any atom is -0.481 e. The molecule has 0 unspecified atom stereocenters. The van der Waals surface area contributed by atoms with Crippen molar-refractivity contribution in [1.82, 2.24) is 9.97 Å². The molecule has 0 aliphatic rings. The maximum atomic E-state index is 11.7. The standard InChI is InChI=1S/C11H17N3O6S/c1-7(2)5-10(15)20-21(16,17)14-11-12-8(18-3)6-9(13-11)19-4/h6-7H,5H2,1-4H3,(H,12,13,14). The molecule has 1 N–H and O–H groups in total. The lowest BCUT2D eigenvalue weighted by molar-refractivity contribution is -0.134. The average molecular weight is 319 g/mol. The first-order valence-electron chi connectivity index (χ1n) is 5.98. The summed E-state index contributed by atoms with van der Waals surface area (Å²) in [5.74, 6) is -1.04. The Balaban J connectivity index is 2.86. The number of methoxy groups -OCH3 is 2. The van der Waals surface area contributed by atoms with Crippen molar-refractivity contribution in [3.63, 3.8) is 0 Å². The first kappa shape index (κ1) is 17.0. The largest absolute Gasteiger partial charge is 0.481 e. The van der Waals surface area contributed by atoms with Gasteiger partial charge in [-0.15, -0.1) is 0 Å². The predicted molar refractivity (Wildman–Crippen MR) is 73.2 cm³/mol. The first-order valence-corrected chi connectivity index (χ1v) is 7.38. The van der Waals surface area contributed by atoms with E-state index in [0.29, 0.717) is 0 Å². The van der Waals surface area contributed by atoms with E-state index in [2.05, 4.69) is 14.2 Å². The molecule has 0 amide bonds. The van der Waals surface area contributed by atoms with Crippen LogP contribution in [0.4, 0.5) is 5.95 Å². The topological polar surface area (TPSA) is 117 Å². The molecule has 0 aliphatic carbocycles. The number of ether oxygens (including phenoxy) is 2. The van der Waals surface area contributed by atoms with Crippen molar-refractivity contribution < 1.29 is 26.9 Å². The number of nitrogens with zero attached hydrogens (tertiary/aromatic N) is 2. The zero-order valence-corrected chi connectivity index (χ0v) is 12.9. The molecule has 0 saturated carbocycles. The SMILES string of the molecule is COc1cc(OC)nc(NS(=O)(=O)OC(=O)CC(C)C)n1. The van der Waals surface area contributed by atoms with E-state index < -0.39 is 16.3 Å². The summed E-state index contributed by atoms with van der Waals surface area (Å²) < 4.78 is 39.4. The minimum atomic E-state index is -4.37. The van der Waals surface area contributed by atoms with E-state index >= 15 is 0 Å². The van der Waals surface area contributed by atoms with Gasteiger partial charge >= 0.3 is 16.3 Å². The van der Waals surface area contributed by atoms with E-state index in [4.69, 9.17) is 9.47 Å². The summed E-state index contributed by atoms with van der Waals surface area (Å²) >= 11 is 0. The Morgan fingerprint density at radius 2 is 1.76 bits per heavy atom. The lowest BCUT2D eigenvalue weighted by Crippen LogP contribution is -2.22. The van der Waals surface area contributed by atoms with E-state index in [1.54, 1.807) is 13.8 Å². The summed E-state index contributed by atoms with van der Waals surface area (Å²) in [4.78, 5) is 18.9. The third-order valence-electron chi connectivity index (χ3n) is 2.09. The Kier molecular flexibility index (Phi) is 5.70. The van der Waals surface area contributed by atoms with Gasteiger partial charge in [0.1, 0.15) is 0 Å². The zero-order valence-electron chi connectivity index (χ0n) is 12.1. The highest BCUT2D eigenvalue weighted by Gasteiger charge is 2.20. The zero-order chi connectivity index (χ0) is 16.0. The second-order valence-corrected chi connectivity index (χ2v) is 5.66. The van der Waals surface area contributed by atoms with Crippen LogP contribution in [0.3, 0.4) is 0 Å². The first-order chi connectivity index (χ1) is 9.75. The molecule has 0 saturated heterocycles. The molecular formula is C11H17N3O6S. The van der Waals surface area contributed by atoms with Crippen molar-refractivity contribution in [3.8, 4) is 11.8 Å². The summed E-state index contributed by atoms with van der Waals surface area (Å²) in [6, 6.07) is 1.36. The second-order valence-electron chi connectivity index (χ2n) is 4.39. The van der Waals surface area contributed by atoms with Crippen molar-refractivity contribution in [2.45, 2.75) is 20.3 Å². The van der Waals surface area contributed by atoms with Crippen molar-refractivity contribution in [2.24, 2.45) is 5.92 Å². The third-order valence-corrected chi connectivity index (χ3v) is 2.93. The van der Waals surface area contributed by atoms with Gasteiger partial charge in [-0.1, -0.05) is 13.8 Å². The van der Waals surface area contributed by atoms with Crippen molar-refractivity contribution in [1.29, 1.82) is 0 Å². The fourth-order valence-electron chi connectivity index (χ4n) is 1.28. The smallest absolute Gasteiger partial charge is 0.412 e. The van der Waals surface area contributed by atoms with Crippen LogP contribution in [0.1, 0.15) is 20.3 Å². The fourth-order valence-corrected chi connectivity index (χ4v) is 1.95. The maximum absolute atomic E-state index is 11.7. The Labute approximate surface area is 122 Å². The average Bonchev–Trinajstić information content (AvgIpc) is 2.35. The number of carbonyl (C=O) groups is 1. The number of hydrogen-bond acceptors (Lipinski definition) is 8. The molecule has 0 bridgehead atoms. The number of anilines is 1. The summed E-state index contributed by atoms with van der Waals surface area (Å²) in [7, 11) is -1.67. The summed E-state index contributed by atoms with van der Waals surface area (Å²) in [5, 5.41) is 0. The van der Waals surface area contributed by atoms with Gasteiger partial charge in [-0.2, -0.15) is 18.4 Å². The molecule has 0 fully saturated rings. The Morgan fingerprint density at radius 3 is 2.19 bits per heavy atom. The van der Waals surface area contributed by atoms with Gasteiger partial charge in [0.2, 0.25) is 17.7 Å². The van der Waals surface area contributed by atoms with Crippen LogP contribution in [0.2, 0.25) is 0 Å². The Hall–Kier alpha value is -2.10. The van der Waals surface area contributed by atoms with Crippen LogP contribution >= 0.6 is 0 Å². The molecule has 0 aliphatic heterocycles. The van der Waals surface area contributed by atoms with Crippen LogP contribution in [0.25, 0.3) is 0 Å². The summed E-state index contributed by atoms with van der Waals surface area (Å²) in [6.07, 6.45) is -0.0246. The van der Waals surface area contributed by atoms with E-state index in [1.807, 2.05) is 4.72 Å². The molecule has 1 aromatic rings. The van der Waals surface area contributed by atoms with Gasteiger partial charge in [0.25, 0.3) is 0 Å². The van der Waals surface area contributed by atoms with Crippen LogP contribution in [0.15, 0.2) is 6.07 Å². The van der Waals surface area contributed by atoms with E-state index in [0.717, 1.165) is 0 Å². The van der Waals surface area contributed by atoms with Crippen LogP contribution in [0, 0.1) is 5.92 Å². The van der Waals surface area contributed by atoms with Crippen LogP contribution in [0.5, 0.6) is 11.8 Å².